The van der Waals surface area contributed by atoms with Gasteiger partial charge in [0.2, 0.25) is 0 Å². The van der Waals surface area contributed by atoms with Gasteiger partial charge in [0.05, 0.1) is 22.3 Å². The fourth-order valence-electron chi connectivity index (χ4n) is 2.80. The molecule has 1 aliphatic heterocycles. The number of sulfone groups is 1. The molecule has 0 saturated heterocycles. The van der Waals surface area contributed by atoms with Crippen molar-refractivity contribution in [2.75, 3.05) is 12.4 Å². The van der Waals surface area contributed by atoms with Crippen molar-refractivity contribution >= 4 is 15.7 Å². The molecule has 0 aliphatic carbocycles. The Morgan fingerprint density at radius 1 is 1.20 bits per heavy atom. The summed E-state index contributed by atoms with van der Waals surface area (Å²) in [6.07, 6.45) is 0.319. The van der Waals surface area contributed by atoms with Crippen molar-refractivity contribution in [1.29, 1.82) is 5.26 Å². The van der Waals surface area contributed by atoms with E-state index in [1.165, 1.54) is 0 Å². The van der Waals surface area contributed by atoms with Gasteiger partial charge in [-0.05, 0) is 30.2 Å². The van der Waals surface area contributed by atoms with Gasteiger partial charge in [0, 0.05) is 0 Å². The molecular formula is C18H16N2O4S. The van der Waals surface area contributed by atoms with E-state index in [-0.39, 0.29) is 29.2 Å². The molecule has 25 heavy (non-hydrogen) atoms. The van der Waals surface area contributed by atoms with Gasteiger partial charge < -0.3 is 10.1 Å². The molecular weight excluding hydrogens is 340 g/mol. The fourth-order valence-corrected chi connectivity index (χ4v) is 4.43. The molecule has 128 valence electrons. The quantitative estimate of drug-likeness (QED) is 0.903. The Labute approximate surface area is 146 Å². The molecule has 0 spiro atoms. The minimum absolute atomic E-state index is 0.00686. The number of nitrogens with zero attached hydrogens (tertiary/aromatic N) is 1. The Balaban J connectivity index is 1.69. The summed E-state index contributed by atoms with van der Waals surface area (Å²) in [5.41, 5.74) is 0.948. The van der Waals surface area contributed by atoms with Gasteiger partial charge in [-0.1, -0.05) is 30.3 Å². The van der Waals surface area contributed by atoms with Crippen molar-refractivity contribution in [3.63, 3.8) is 0 Å². The van der Waals surface area contributed by atoms with Crippen LogP contribution in [0.2, 0.25) is 0 Å². The van der Waals surface area contributed by atoms with E-state index in [2.05, 4.69) is 5.32 Å². The molecule has 2 aromatic carbocycles. The van der Waals surface area contributed by atoms with Crippen LogP contribution in [0.4, 0.5) is 0 Å². The second-order valence-electron chi connectivity index (χ2n) is 5.66. The van der Waals surface area contributed by atoms with Gasteiger partial charge >= 0.3 is 0 Å². The third kappa shape index (κ3) is 3.64. The lowest BCUT2D eigenvalue weighted by atomic mass is 10.0. The van der Waals surface area contributed by atoms with Gasteiger partial charge in [-0.3, -0.25) is 4.79 Å². The van der Waals surface area contributed by atoms with E-state index in [1.54, 1.807) is 48.5 Å². The van der Waals surface area contributed by atoms with E-state index in [1.807, 2.05) is 6.07 Å². The van der Waals surface area contributed by atoms with Crippen molar-refractivity contribution in [1.82, 2.24) is 5.32 Å². The molecule has 0 radical (unpaired) electrons. The molecule has 1 unspecified atom stereocenters. The topological polar surface area (TPSA) is 96.3 Å². The molecule has 7 heteroatoms. The predicted molar refractivity (Wildman–Crippen MR) is 90.6 cm³/mol. The lowest BCUT2D eigenvalue weighted by Crippen LogP contribution is -2.36. The first-order valence-corrected chi connectivity index (χ1v) is 9.39. The van der Waals surface area contributed by atoms with Crippen molar-refractivity contribution in [2.45, 2.75) is 17.4 Å². The van der Waals surface area contributed by atoms with Crippen molar-refractivity contribution in [2.24, 2.45) is 0 Å². The number of nitrogens with one attached hydrogen (secondary N) is 1. The largest absolute Gasteiger partial charge is 0.482 e. The molecule has 1 atom stereocenters. The summed E-state index contributed by atoms with van der Waals surface area (Å²) < 4.78 is 29.6. The number of hydrogen-bond donors (Lipinski definition) is 1. The third-order valence-corrected chi connectivity index (χ3v) is 5.82. The average molecular weight is 356 g/mol. The molecule has 0 aromatic heterocycles. The van der Waals surface area contributed by atoms with Crippen LogP contribution in [-0.4, -0.2) is 26.7 Å². The van der Waals surface area contributed by atoms with Gasteiger partial charge in [-0.2, -0.15) is 5.26 Å². The molecule has 0 saturated carbocycles. The summed E-state index contributed by atoms with van der Waals surface area (Å²) in [5, 5.41) is 11.8. The predicted octanol–water partition coefficient (Wildman–Crippen LogP) is 1.97. The summed E-state index contributed by atoms with van der Waals surface area (Å²) >= 11 is 0. The van der Waals surface area contributed by atoms with E-state index in [9.17, 15) is 13.2 Å². The maximum atomic E-state index is 12.2. The molecule has 1 amide bonds. The van der Waals surface area contributed by atoms with E-state index < -0.39 is 9.84 Å². The third-order valence-electron chi connectivity index (χ3n) is 4.01. The Hall–Kier alpha value is -2.85. The second-order valence-corrected chi connectivity index (χ2v) is 7.74. The molecule has 0 bridgehead atoms. The monoisotopic (exact) mass is 356 g/mol. The smallest absolute Gasteiger partial charge is 0.258 e. The summed E-state index contributed by atoms with van der Waals surface area (Å²) in [6.45, 7) is -0.246. The maximum Gasteiger partial charge on any atom is 0.258 e. The number of rotatable bonds is 4. The highest BCUT2D eigenvalue weighted by atomic mass is 32.2. The zero-order chi connectivity index (χ0) is 17.9. The SMILES string of the molecule is N#Cc1ccccc1OCC(=O)NC1CCS(=O)(=O)c2ccccc21. The summed E-state index contributed by atoms with van der Waals surface area (Å²) in [7, 11) is -3.29. The van der Waals surface area contributed by atoms with Crippen LogP contribution in [-0.2, 0) is 14.6 Å². The van der Waals surface area contributed by atoms with E-state index >= 15 is 0 Å². The zero-order valence-electron chi connectivity index (χ0n) is 13.3. The first-order chi connectivity index (χ1) is 12.0. The van der Waals surface area contributed by atoms with Gasteiger partial charge in [-0.15, -0.1) is 0 Å². The average Bonchev–Trinajstić information content (AvgIpc) is 2.63. The number of fused-ring (bicyclic) bond motifs is 1. The molecule has 6 nitrogen and oxygen atoms in total. The minimum Gasteiger partial charge on any atom is -0.482 e. The van der Waals surface area contributed by atoms with Crippen LogP contribution >= 0.6 is 0 Å². The molecule has 3 rings (SSSR count). The van der Waals surface area contributed by atoms with Gasteiger partial charge in [0.25, 0.3) is 5.91 Å². The first kappa shape index (κ1) is 17.0. The standard InChI is InChI=1S/C18H16N2O4S/c19-11-13-5-1-3-7-16(13)24-12-18(21)20-15-9-10-25(22,23)17-8-4-2-6-14(15)17/h1-8,15H,9-10,12H2,(H,20,21). The zero-order valence-corrected chi connectivity index (χ0v) is 14.1. The summed E-state index contributed by atoms with van der Waals surface area (Å²) in [6, 6.07) is 15.0. The Morgan fingerprint density at radius 3 is 2.72 bits per heavy atom. The van der Waals surface area contributed by atoms with Crippen molar-refractivity contribution < 1.29 is 17.9 Å². The van der Waals surface area contributed by atoms with E-state index in [4.69, 9.17) is 10.00 Å². The molecule has 1 aliphatic rings. The molecule has 2 aromatic rings. The summed E-state index contributed by atoms with van der Waals surface area (Å²) in [4.78, 5) is 12.5. The molecule has 1 N–H and O–H groups in total. The van der Waals surface area contributed by atoms with Gasteiger partial charge in [0.15, 0.2) is 16.4 Å². The van der Waals surface area contributed by atoms with Gasteiger partial charge in [0.1, 0.15) is 11.8 Å². The van der Waals surface area contributed by atoms with Crippen molar-refractivity contribution in [3.8, 4) is 11.8 Å². The van der Waals surface area contributed by atoms with Crippen LogP contribution in [0.5, 0.6) is 5.75 Å². The number of ether oxygens (including phenoxy) is 1. The summed E-state index contributed by atoms with van der Waals surface area (Å²) in [5.74, 6) is -0.0359. The highest BCUT2D eigenvalue weighted by molar-refractivity contribution is 7.91. The van der Waals surface area contributed by atoms with Crippen LogP contribution in [0.25, 0.3) is 0 Å². The number of amides is 1. The lowest BCUT2D eigenvalue weighted by Gasteiger charge is -2.26. The van der Waals surface area contributed by atoms with Crippen LogP contribution < -0.4 is 10.1 Å². The fraction of sp³-hybridized carbons (Fsp3) is 0.222. The Bertz CT molecular complexity index is 948. The second kappa shape index (κ2) is 6.95. The number of carbonyl (C=O) groups is 1. The lowest BCUT2D eigenvalue weighted by molar-refractivity contribution is -0.123. The van der Waals surface area contributed by atoms with Crippen LogP contribution in [0.1, 0.15) is 23.6 Å². The highest BCUT2D eigenvalue weighted by Gasteiger charge is 2.30. The van der Waals surface area contributed by atoms with E-state index in [0.717, 1.165) is 0 Å². The van der Waals surface area contributed by atoms with Crippen LogP contribution in [0.15, 0.2) is 53.4 Å². The first-order valence-electron chi connectivity index (χ1n) is 7.74. The highest BCUT2D eigenvalue weighted by Crippen LogP contribution is 2.31. The minimum atomic E-state index is -3.29. The Kier molecular flexibility index (Phi) is 4.72. The number of benzene rings is 2. The molecule has 1 heterocycles. The maximum absolute atomic E-state index is 12.2. The van der Waals surface area contributed by atoms with Crippen LogP contribution in [0.3, 0.4) is 0 Å². The van der Waals surface area contributed by atoms with Crippen molar-refractivity contribution in [3.05, 3.63) is 59.7 Å². The van der Waals surface area contributed by atoms with E-state index in [0.29, 0.717) is 23.3 Å². The number of para-hydroxylation sites is 1. The van der Waals surface area contributed by atoms with Gasteiger partial charge in [-0.25, -0.2) is 8.42 Å². The molecule has 0 fully saturated rings. The number of nitriles is 1. The normalized spacial score (nSPS) is 17.8. The number of hydrogen-bond acceptors (Lipinski definition) is 5. The Morgan fingerprint density at radius 2 is 1.92 bits per heavy atom. The number of carbonyl (C=O) groups excluding carboxylic acids is 1. The van der Waals surface area contributed by atoms with Crippen LogP contribution in [0, 0.1) is 11.3 Å².